The summed E-state index contributed by atoms with van der Waals surface area (Å²) in [6, 6.07) is 0. The van der Waals surface area contributed by atoms with Crippen molar-refractivity contribution in [2.75, 3.05) is 6.86 Å². The van der Waals surface area contributed by atoms with Crippen LogP contribution in [0.1, 0.15) is 0 Å². The predicted molar refractivity (Wildman–Crippen MR) is 18.3 cm³/mol. The van der Waals surface area contributed by atoms with Gasteiger partial charge in [-0.05, 0) is 0 Å². The Hall–Kier alpha value is -0.165. The number of halogens is 1. The molecule has 0 saturated heterocycles. The van der Waals surface area contributed by atoms with E-state index in [1.807, 2.05) is 0 Å². The zero-order valence-electron chi connectivity index (χ0n) is 3.37. The Labute approximate surface area is 39.6 Å². The van der Waals surface area contributed by atoms with Crippen LogP contribution < -0.4 is 0 Å². The van der Waals surface area contributed by atoms with Gasteiger partial charge in [-0.2, -0.15) is 0 Å². The average molecular weight is 110 g/mol. The van der Waals surface area contributed by atoms with E-state index in [0.717, 1.165) is 0 Å². The molecule has 0 heterocycles. The fourth-order valence-corrected chi connectivity index (χ4v) is 0.0866. The summed E-state index contributed by atoms with van der Waals surface area (Å²) >= 11 is 0. The van der Waals surface area contributed by atoms with Crippen LogP contribution in [0.3, 0.4) is 0 Å². The van der Waals surface area contributed by atoms with Crippen molar-refractivity contribution in [2.24, 2.45) is 0 Å². The first kappa shape index (κ1) is 6.83. The first-order valence-electron chi connectivity index (χ1n) is 1.47. The van der Waals surface area contributed by atoms with E-state index in [1.54, 1.807) is 0 Å². The lowest BCUT2D eigenvalue weighted by Crippen LogP contribution is -2.16. The lowest BCUT2D eigenvalue weighted by atomic mass is 10.3. The van der Waals surface area contributed by atoms with Gasteiger partial charge in [-0.15, -0.1) is 0 Å². The standard InChI is InChI=1S/CH4BFO4/c3-1-6-7-2(4)5/h4-5H,1H2. The quantitative estimate of drug-likeness (QED) is 0.273. The molecule has 0 rings (SSSR count). The molecule has 0 radical (unpaired) electrons. The highest BCUT2D eigenvalue weighted by Crippen LogP contribution is 1.77. The first-order valence-corrected chi connectivity index (χ1v) is 1.47. The van der Waals surface area contributed by atoms with E-state index in [9.17, 15) is 4.39 Å². The molecular weight excluding hydrogens is 106 g/mol. The SMILES string of the molecule is OB(O)OOCF. The van der Waals surface area contributed by atoms with Gasteiger partial charge in [0.25, 0.3) is 0 Å². The summed E-state index contributed by atoms with van der Waals surface area (Å²) in [5.41, 5.74) is 0. The molecule has 0 aromatic heterocycles. The van der Waals surface area contributed by atoms with Gasteiger partial charge in [0, 0.05) is 0 Å². The summed E-state index contributed by atoms with van der Waals surface area (Å²) in [6.07, 6.45) is 0. The lowest BCUT2D eigenvalue weighted by Gasteiger charge is -1.93. The van der Waals surface area contributed by atoms with Crippen molar-refractivity contribution in [3.05, 3.63) is 0 Å². The van der Waals surface area contributed by atoms with E-state index < -0.39 is 14.2 Å². The van der Waals surface area contributed by atoms with E-state index in [0.29, 0.717) is 0 Å². The van der Waals surface area contributed by atoms with Crippen LogP contribution in [0, 0.1) is 0 Å². The van der Waals surface area contributed by atoms with Gasteiger partial charge in [0.1, 0.15) is 0 Å². The minimum absolute atomic E-state index is 1.20. The Morgan fingerprint density at radius 3 is 2.29 bits per heavy atom. The number of hydrogen-bond donors (Lipinski definition) is 2. The summed E-state index contributed by atoms with van der Waals surface area (Å²) in [7, 11) is -2.06. The molecular formula is CH4BFO4. The van der Waals surface area contributed by atoms with Crippen molar-refractivity contribution >= 4 is 7.32 Å². The van der Waals surface area contributed by atoms with Crippen molar-refractivity contribution in [1.29, 1.82) is 0 Å². The molecule has 0 aromatic rings. The third kappa shape index (κ3) is 5.83. The molecule has 0 fully saturated rings. The highest BCUT2D eigenvalue weighted by molar-refractivity contribution is 6.32. The maximum Gasteiger partial charge on any atom is 0.662 e. The van der Waals surface area contributed by atoms with Crippen LogP contribution in [0.4, 0.5) is 4.39 Å². The summed E-state index contributed by atoms with van der Waals surface area (Å²) in [6.45, 7) is -1.20. The van der Waals surface area contributed by atoms with Gasteiger partial charge in [-0.3, -0.25) is 0 Å². The molecule has 0 saturated carbocycles. The van der Waals surface area contributed by atoms with Gasteiger partial charge in [0.05, 0.1) is 0 Å². The molecule has 0 unspecified atom stereocenters. The van der Waals surface area contributed by atoms with Gasteiger partial charge in [0.2, 0.25) is 6.86 Å². The van der Waals surface area contributed by atoms with Crippen LogP contribution in [0.15, 0.2) is 0 Å². The van der Waals surface area contributed by atoms with E-state index in [2.05, 4.69) is 9.69 Å². The zero-order valence-corrected chi connectivity index (χ0v) is 3.37. The molecule has 2 N–H and O–H groups in total. The molecule has 0 aliphatic heterocycles. The maximum absolute atomic E-state index is 10.8. The van der Waals surface area contributed by atoms with Gasteiger partial charge >= 0.3 is 7.32 Å². The molecule has 0 amide bonds. The zero-order chi connectivity index (χ0) is 5.70. The van der Waals surface area contributed by atoms with Crippen LogP contribution in [0.5, 0.6) is 0 Å². The fourth-order valence-electron chi connectivity index (χ4n) is 0.0866. The van der Waals surface area contributed by atoms with Crippen LogP contribution >= 0.6 is 0 Å². The van der Waals surface area contributed by atoms with Crippen molar-refractivity contribution in [2.45, 2.75) is 0 Å². The van der Waals surface area contributed by atoms with E-state index in [4.69, 9.17) is 10.0 Å². The van der Waals surface area contributed by atoms with Crippen molar-refractivity contribution in [3.8, 4) is 0 Å². The lowest BCUT2D eigenvalue weighted by molar-refractivity contribution is -0.259. The Morgan fingerprint density at radius 1 is 1.57 bits per heavy atom. The van der Waals surface area contributed by atoms with Gasteiger partial charge in [-0.1, -0.05) is 0 Å². The monoisotopic (exact) mass is 110 g/mol. The second-order valence-electron chi connectivity index (χ2n) is 0.649. The third-order valence-electron chi connectivity index (χ3n) is 0.199. The van der Waals surface area contributed by atoms with Crippen molar-refractivity contribution in [1.82, 2.24) is 0 Å². The Balaban J connectivity index is 2.68. The molecule has 0 aliphatic carbocycles. The molecule has 0 spiro atoms. The molecule has 6 heteroatoms. The highest BCUT2D eigenvalue weighted by Gasteiger charge is 2.07. The first-order chi connectivity index (χ1) is 3.27. The van der Waals surface area contributed by atoms with Crippen LogP contribution in [-0.4, -0.2) is 24.2 Å². The van der Waals surface area contributed by atoms with E-state index in [1.165, 1.54) is 0 Å². The van der Waals surface area contributed by atoms with Crippen molar-refractivity contribution in [3.63, 3.8) is 0 Å². The smallest absolute Gasteiger partial charge is 0.400 e. The fraction of sp³-hybridized carbons (Fsp3) is 1.00. The molecule has 0 aliphatic rings. The second kappa shape index (κ2) is 4.01. The number of alkyl halides is 1. The second-order valence-corrected chi connectivity index (χ2v) is 0.649. The van der Waals surface area contributed by atoms with Gasteiger partial charge in [0.15, 0.2) is 0 Å². The van der Waals surface area contributed by atoms with E-state index in [-0.39, 0.29) is 0 Å². The average Bonchev–Trinajstić information content (AvgIpc) is 1.61. The molecule has 0 aromatic carbocycles. The van der Waals surface area contributed by atoms with Crippen LogP contribution in [-0.2, 0) is 9.69 Å². The minimum Gasteiger partial charge on any atom is -0.400 e. The topological polar surface area (TPSA) is 58.9 Å². The van der Waals surface area contributed by atoms with Gasteiger partial charge < -0.3 is 10.0 Å². The molecule has 0 bridgehead atoms. The largest absolute Gasteiger partial charge is 0.662 e. The Kier molecular flexibility index (Phi) is 3.91. The third-order valence-corrected chi connectivity index (χ3v) is 0.199. The molecule has 7 heavy (non-hydrogen) atoms. The summed E-state index contributed by atoms with van der Waals surface area (Å²) in [5.74, 6) is 0. The highest BCUT2D eigenvalue weighted by atomic mass is 19.1. The molecule has 0 atom stereocenters. The number of hydrogen-bond acceptors (Lipinski definition) is 4. The van der Waals surface area contributed by atoms with Crippen LogP contribution in [0.2, 0.25) is 0 Å². The van der Waals surface area contributed by atoms with Crippen LogP contribution in [0.25, 0.3) is 0 Å². The normalized spacial score (nSPS) is 9.00. The summed E-state index contributed by atoms with van der Waals surface area (Å²) in [5, 5.41) is 15.5. The Morgan fingerprint density at radius 2 is 2.14 bits per heavy atom. The summed E-state index contributed by atoms with van der Waals surface area (Å²) < 4.78 is 10.8. The van der Waals surface area contributed by atoms with Crippen molar-refractivity contribution < 1.29 is 24.1 Å². The van der Waals surface area contributed by atoms with Gasteiger partial charge in [-0.25, -0.2) is 14.1 Å². The molecule has 4 nitrogen and oxygen atoms in total. The van der Waals surface area contributed by atoms with E-state index >= 15 is 0 Å². The molecule has 42 valence electrons. The summed E-state index contributed by atoms with van der Waals surface area (Å²) in [4.78, 5) is 6.86. The maximum atomic E-state index is 10.8. The Bertz CT molecular complexity index is 40.7. The minimum atomic E-state index is -2.06. The number of rotatable bonds is 3. The predicted octanol–water partition coefficient (Wildman–Crippen LogP) is -1.17.